The first-order valence-corrected chi connectivity index (χ1v) is 7.19. The third kappa shape index (κ3) is 3.83. The highest BCUT2D eigenvalue weighted by molar-refractivity contribution is 7.98. The summed E-state index contributed by atoms with van der Waals surface area (Å²) in [4.78, 5) is 8.19. The van der Waals surface area contributed by atoms with Crippen molar-refractivity contribution in [3.8, 4) is 5.88 Å². The van der Waals surface area contributed by atoms with Gasteiger partial charge in [0.05, 0.1) is 5.60 Å². The van der Waals surface area contributed by atoms with E-state index in [0.717, 1.165) is 18.1 Å². The van der Waals surface area contributed by atoms with E-state index < -0.39 is 0 Å². The van der Waals surface area contributed by atoms with Crippen LogP contribution in [0.15, 0.2) is 17.4 Å². The molecule has 6 heteroatoms. The van der Waals surface area contributed by atoms with Gasteiger partial charge in [-0.15, -0.1) is 11.8 Å². The Kier molecular flexibility index (Phi) is 4.42. The first-order chi connectivity index (χ1) is 8.59. The molecule has 1 aliphatic rings. The average Bonchev–Trinajstić information content (AvgIpc) is 2.35. The Balaban J connectivity index is 1.87. The number of hydrogen-bond acceptors (Lipinski definition) is 6. The summed E-state index contributed by atoms with van der Waals surface area (Å²) in [6, 6.07) is 1.84. The van der Waals surface area contributed by atoms with E-state index in [1.807, 2.05) is 12.3 Å². The van der Waals surface area contributed by atoms with Gasteiger partial charge in [0.1, 0.15) is 24.1 Å². The largest absolute Gasteiger partial charge is 0.475 e. The molecule has 1 fully saturated rings. The van der Waals surface area contributed by atoms with Crippen LogP contribution in [0.2, 0.25) is 0 Å². The van der Waals surface area contributed by atoms with E-state index in [1.165, 1.54) is 6.33 Å². The second kappa shape index (κ2) is 5.86. The van der Waals surface area contributed by atoms with Crippen molar-refractivity contribution in [2.24, 2.45) is 0 Å². The summed E-state index contributed by atoms with van der Waals surface area (Å²) in [5.41, 5.74) is -0.137. The SMILES string of the molecule is CSc1cc(OCC2CNCC(C)(C)O2)ncn1. The highest BCUT2D eigenvalue weighted by Gasteiger charge is 2.28. The van der Waals surface area contributed by atoms with Crippen LogP contribution in [0.1, 0.15) is 13.8 Å². The van der Waals surface area contributed by atoms with Crippen molar-refractivity contribution >= 4 is 11.8 Å². The molecule has 1 saturated heterocycles. The fourth-order valence-electron chi connectivity index (χ4n) is 1.85. The van der Waals surface area contributed by atoms with Crippen LogP contribution in [0.3, 0.4) is 0 Å². The van der Waals surface area contributed by atoms with E-state index in [0.29, 0.717) is 12.5 Å². The molecule has 1 unspecified atom stereocenters. The topological polar surface area (TPSA) is 56.3 Å². The third-order valence-electron chi connectivity index (χ3n) is 2.65. The Morgan fingerprint density at radius 2 is 2.39 bits per heavy atom. The van der Waals surface area contributed by atoms with E-state index in [2.05, 4.69) is 29.1 Å². The first kappa shape index (κ1) is 13.6. The lowest BCUT2D eigenvalue weighted by Crippen LogP contribution is -2.52. The Hall–Kier alpha value is -0.850. The maximum atomic E-state index is 5.92. The van der Waals surface area contributed by atoms with Crippen molar-refractivity contribution < 1.29 is 9.47 Å². The minimum Gasteiger partial charge on any atom is -0.475 e. The van der Waals surface area contributed by atoms with Crippen LogP contribution in [-0.4, -0.2) is 47.6 Å². The van der Waals surface area contributed by atoms with Crippen molar-refractivity contribution in [3.05, 3.63) is 12.4 Å². The fraction of sp³-hybridized carbons (Fsp3) is 0.667. The third-order valence-corrected chi connectivity index (χ3v) is 3.29. The van der Waals surface area contributed by atoms with E-state index in [4.69, 9.17) is 9.47 Å². The van der Waals surface area contributed by atoms with Crippen molar-refractivity contribution in [1.82, 2.24) is 15.3 Å². The lowest BCUT2D eigenvalue weighted by atomic mass is 10.1. The Morgan fingerprint density at radius 1 is 1.56 bits per heavy atom. The molecular weight excluding hydrogens is 250 g/mol. The molecule has 1 atom stereocenters. The van der Waals surface area contributed by atoms with Gasteiger partial charge in [-0.3, -0.25) is 0 Å². The number of thioether (sulfide) groups is 1. The molecule has 2 rings (SSSR count). The van der Waals surface area contributed by atoms with Crippen LogP contribution in [0.25, 0.3) is 0 Å². The molecule has 1 aliphatic heterocycles. The molecule has 0 aromatic carbocycles. The molecule has 0 radical (unpaired) electrons. The van der Waals surface area contributed by atoms with Crippen LogP contribution in [-0.2, 0) is 4.74 Å². The van der Waals surface area contributed by atoms with Gasteiger partial charge in [-0.1, -0.05) is 0 Å². The van der Waals surface area contributed by atoms with Crippen LogP contribution >= 0.6 is 11.8 Å². The molecule has 0 saturated carbocycles. The summed E-state index contributed by atoms with van der Waals surface area (Å²) in [6.45, 7) is 6.32. The van der Waals surface area contributed by atoms with Crippen LogP contribution in [0, 0.1) is 0 Å². The Labute approximate surface area is 112 Å². The fourth-order valence-corrected chi connectivity index (χ4v) is 2.22. The molecule has 2 heterocycles. The minimum atomic E-state index is -0.137. The number of rotatable bonds is 4. The van der Waals surface area contributed by atoms with Gasteiger partial charge in [0.15, 0.2) is 0 Å². The summed E-state index contributed by atoms with van der Waals surface area (Å²) < 4.78 is 11.6. The van der Waals surface area contributed by atoms with E-state index in [9.17, 15) is 0 Å². The molecule has 1 N–H and O–H groups in total. The van der Waals surface area contributed by atoms with Crippen molar-refractivity contribution in [2.45, 2.75) is 30.6 Å². The van der Waals surface area contributed by atoms with Gasteiger partial charge < -0.3 is 14.8 Å². The Bertz CT molecular complexity index is 401. The predicted octanol–water partition coefficient (Wildman–Crippen LogP) is 1.34. The normalized spacial score (nSPS) is 22.7. The van der Waals surface area contributed by atoms with Gasteiger partial charge in [0, 0.05) is 19.2 Å². The molecule has 0 bridgehead atoms. The zero-order chi connectivity index (χ0) is 13.0. The number of hydrogen-bond donors (Lipinski definition) is 1. The molecule has 100 valence electrons. The van der Waals surface area contributed by atoms with Crippen LogP contribution in [0.5, 0.6) is 5.88 Å². The van der Waals surface area contributed by atoms with E-state index in [1.54, 1.807) is 11.8 Å². The second-order valence-electron chi connectivity index (χ2n) is 4.84. The molecule has 18 heavy (non-hydrogen) atoms. The van der Waals surface area contributed by atoms with Crippen LogP contribution < -0.4 is 10.1 Å². The number of aromatic nitrogens is 2. The molecule has 0 spiro atoms. The van der Waals surface area contributed by atoms with Gasteiger partial charge in [-0.2, -0.15) is 0 Å². The molecule has 1 aromatic heterocycles. The average molecular weight is 269 g/mol. The van der Waals surface area contributed by atoms with Crippen molar-refractivity contribution in [2.75, 3.05) is 26.0 Å². The Morgan fingerprint density at radius 3 is 3.11 bits per heavy atom. The summed E-state index contributed by atoms with van der Waals surface area (Å²) in [7, 11) is 0. The lowest BCUT2D eigenvalue weighted by molar-refractivity contribution is -0.107. The minimum absolute atomic E-state index is 0.0569. The van der Waals surface area contributed by atoms with Gasteiger partial charge in [0.2, 0.25) is 5.88 Å². The first-order valence-electron chi connectivity index (χ1n) is 5.96. The monoisotopic (exact) mass is 269 g/mol. The highest BCUT2D eigenvalue weighted by Crippen LogP contribution is 2.18. The summed E-state index contributed by atoms with van der Waals surface area (Å²) in [5.74, 6) is 0.598. The molecule has 1 aromatic rings. The van der Waals surface area contributed by atoms with Gasteiger partial charge >= 0.3 is 0 Å². The van der Waals surface area contributed by atoms with Gasteiger partial charge in [-0.05, 0) is 20.1 Å². The number of nitrogens with one attached hydrogen (secondary N) is 1. The number of ether oxygens (including phenoxy) is 2. The maximum absolute atomic E-state index is 5.92. The second-order valence-corrected chi connectivity index (χ2v) is 5.67. The van der Waals surface area contributed by atoms with E-state index in [-0.39, 0.29) is 11.7 Å². The zero-order valence-electron chi connectivity index (χ0n) is 11.0. The molecular formula is C12H19N3O2S. The van der Waals surface area contributed by atoms with Gasteiger partial charge in [-0.25, -0.2) is 9.97 Å². The van der Waals surface area contributed by atoms with Crippen LogP contribution in [0.4, 0.5) is 0 Å². The van der Waals surface area contributed by atoms with Crippen molar-refractivity contribution in [1.29, 1.82) is 0 Å². The van der Waals surface area contributed by atoms with Crippen molar-refractivity contribution in [3.63, 3.8) is 0 Å². The lowest BCUT2D eigenvalue weighted by Gasteiger charge is -2.36. The molecule has 0 aliphatic carbocycles. The molecule has 5 nitrogen and oxygen atoms in total. The quantitative estimate of drug-likeness (QED) is 0.657. The van der Waals surface area contributed by atoms with E-state index >= 15 is 0 Å². The smallest absolute Gasteiger partial charge is 0.217 e. The number of nitrogens with zero attached hydrogens (tertiary/aromatic N) is 2. The summed E-state index contributed by atoms with van der Waals surface area (Å²) >= 11 is 1.57. The predicted molar refractivity (Wildman–Crippen MR) is 71.1 cm³/mol. The zero-order valence-corrected chi connectivity index (χ0v) is 11.8. The maximum Gasteiger partial charge on any atom is 0.217 e. The summed E-state index contributed by atoms with van der Waals surface area (Å²) in [5, 5.41) is 4.25. The summed E-state index contributed by atoms with van der Waals surface area (Å²) in [6.07, 6.45) is 3.55. The molecule has 0 amide bonds. The highest BCUT2D eigenvalue weighted by atomic mass is 32.2. The van der Waals surface area contributed by atoms with Gasteiger partial charge in [0.25, 0.3) is 0 Å². The number of morpholine rings is 1. The standard InChI is InChI=1S/C12H19N3O2S/c1-12(2)7-13-5-9(17-12)6-16-10-4-11(18-3)15-8-14-10/h4,8-9,13H,5-7H2,1-3H3.